The van der Waals surface area contributed by atoms with Crippen LogP contribution in [0.2, 0.25) is 0 Å². The maximum atomic E-state index is 8.82. The maximum Gasteiger partial charge on any atom is 0.101 e. The number of nitrogens with zero attached hydrogens (tertiary/aromatic N) is 1. The van der Waals surface area contributed by atoms with Crippen molar-refractivity contribution in [2.24, 2.45) is 11.8 Å². The first-order valence-corrected chi connectivity index (χ1v) is 6.72. The van der Waals surface area contributed by atoms with Crippen molar-refractivity contribution < 1.29 is 0 Å². The van der Waals surface area contributed by atoms with Gasteiger partial charge in [-0.2, -0.15) is 5.26 Å². The minimum absolute atomic E-state index is 0.548. The maximum absolute atomic E-state index is 8.82. The van der Waals surface area contributed by atoms with Gasteiger partial charge in [-0.1, -0.05) is 19.8 Å². The molecule has 0 aromatic heterocycles. The minimum Gasteiger partial charge on any atom is -0.398 e. The number of nitriles is 1. The van der Waals surface area contributed by atoms with Crippen molar-refractivity contribution in [1.82, 2.24) is 0 Å². The molecule has 1 saturated carbocycles. The second-order valence-corrected chi connectivity index (χ2v) is 5.43. The fourth-order valence-corrected chi connectivity index (χ4v) is 2.78. The fraction of sp³-hybridized carbons (Fsp3) is 0.533. The summed E-state index contributed by atoms with van der Waals surface area (Å²) in [6, 6.07) is 7.64. The number of anilines is 2. The van der Waals surface area contributed by atoms with E-state index in [2.05, 4.69) is 18.3 Å². The summed E-state index contributed by atoms with van der Waals surface area (Å²) < 4.78 is 0. The standard InChI is InChI=1S/C15H21N3/c1-11-3-2-4-12(7-11)10-18-14-6-5-13(9-16)15(17)8-14/h5-6,8,11-12,18H,2-4,7,10,17H2,1H3. The van der Waals surface area contributed by atoms with Crippen LogP contribution in [0.1, 0.15) is 38.2 Å². The summed E-state index contributed by atoms with van der Waals surface area (Å²) >= 11 is 0. The average molecular weight is 243 g/mol. The van der Waals surface area contributed by atoms with Crippen LogP contribution in [-0.4, -0.2) is 6.54 Å². The average Bonchev–Trinajstić information content (AvgIpc) is 2.37. The lowest BCUT2D eigenvalue weighted by Gasteiger charge is -2.27. The third-order valence-electron chi connectivity index (χ3n) is 3.81. The summed E-state index contributed by atoms with van der Waals surface area (Å²) in [5.41, 5.74) is 7.92. The highest BCUT2D eigenvalue weighted by Crippen LogP contribution is 2.29. The zero-order valence-corrected chi connectivity index (χ0v) is 10.9. The molecular formula is C15H21N3. The first-order valence-electron chi connectivity index (χ1n) is 6.72. The molecule has 0 heterocycles. The van der Waals surface area contributed by atoms with Gasteiger partial charge in [-0.3, -0.25) is 0 Å². The van der Waals surface area contributed by atoms with Gasteiger partial charge in [0.15, 0.2) is 0 Å². The second-order valence-electron chi connectivity index (χ2n) is 5.43. The molecule has 3 nitrogen and oxygen atoms in total. The van der Waals surface area contributed by atoms with E-state index < -0.39 is 0 Å². The molecule has 3 N–H and O–H groups in total. The second kappa shape index (κ2) is 5.77. The van der Waals surface area contributed by atoms with Crippen molar-refractivity contribution in [3.63, 3.8) is 0 Å². The van der Waals surface area contributed by atoms with E-state index in [1.54, 1.807) is 6.07 Å². The number of rotatable bonds is 3. The number of nitrogens with one attached hydrogen (secondary N) is 1. The van der Waals surface area contributed by atoms with Crippen LogP contribution in [0.5, 0.6) is 0 Å². The Bertz CT molecular complexity index is 448. The molecular weight excluding hydrogens is 222 g/mol. The largest absolute Gasteiger partial charge is 0.398 e. The van der Waals surface area contributed by atoms with Crippen molar-refractivity contribution in [3.05, 3.63) is 23.8 Å². The zero-order valence-electron chi connectivity index (χ0n) is 10.9. The van der Waals surface area contributed by atoms with Crippen LogP contribution in [0.15, 0.2) is 18.2 Å². The topological polar surface area (TPSA) is 61.8 Å². The molecule has 0 saturated heterocycles. The monoisotopic (exact) mass is 243 g/mol. The first-order chi connectivity index (χ1) is 8.69. The van der Waals surface area contributed by atoms with Gasteiger partial charge in [0.1, 0.15) is 6.07 Å². The SMILES string of the molecule is CC1CCCC(CNc2ccc(C#N)c(N)c2)C1. The Morgan fingerprint density at radius 1 is 1.44 bits per heavy atom. The molecule has 0 radical (unpaired) electrons. The molecule has 96 valence electrons. The predicted molar refractivity (Wildman–Crippen MR) is 75.2 cm³/mol. The Morgan fingerprint density at radius 3 is 2.94 bits per heavy atom. The van der Waals surface area contributed by atoms with Crippen LogP contribution in [-0.2, 0) is 0 Å². The van der Waals surface area contributed by atoms with Gasteiger partial charge >= 0.3 is 0 Å². The summed E-state index contributed by atoms with van der Waals surface area (Å²) in [5, 5.41) is 12.3. The van der Waals surface area contributed by atoms with Gasteiger partial charge in [0.2, 0.25) is 0 Å². The van der Waals surface area contributed by atoms with Crippen LogP contribution in [0.4, 0.5) is 11.4 Å². The van der Waals surface area contributed by atoms with E-state index in [1.165, 1.54) is 25.7 Å². The van der Waals surface area contributed by atoms with Crippen LogP contribution in [0, 0.1) is 23.2 Å². The molecule has 0 bridgehead atoms. The van der Waals surface area contributed by atoms with Gasteiger partial charge in [0.25, 0.3) is 0 Å². The Labute approximate surface area is 109 Å². The van der Waals surface area contributed by atoms with E-state index in [0.29, 0.717) is 11.3 Å². The third-order valence-corrected chi connectivity index (χ3v) is 3.81. The van der Waals surface area contributed by atoms with E-state index in [4.69, 9.17) is 11.0 Å². The smallest absolute Gasteiger partial charge is 0.101 e. The Balaban J connectivity index is 1.90. The van der Waals surface area contributed by atoms with Gasteiger partial charge in [-0.15, -0.1) is 0 Å². The molecule has 1 aliphatic carbocycles. The number of hydrogen-bond donors (Lipinski definition) is 2. The molecule has 1 aliphatic rings. The molecule has 0 amide bonds. The third kappa shape index (κ3) is 3.16. The molecule has 3 heteroatoms. The van der Waals surface area contributed by atoms with Crippen molar-refractivity contribution in [2.75, 3.05) is 17.6 Å². The van der Waals surface area contributed by atoms with Gasteiger partial charge in [0, 0.05) is 12.2 Å². The first kappa shape index (κ1) is 12.8. The molecule has 18 heavy (non-hydrogen) atoms. The molecule has 0 aliphatic heterocycles. The number of hydrogen-bond acceptors (Lipinski definition) is 3. The van der Waals surface area contributed by atoms with E-state index in [0.717, 1.165) is 24.1 Å². The minimum atomic E-state index is 0.548. The van der Waals surface area contributed by atoms with Crippen molar-refractivity contribution in [1.29, 1.82) is 5.26 Å². The number of benzene rings is 1. The van der Waals surface area contributed by atoms with Crippen LogP contribution in [0.3, 0.4) is 0 Å². The quantitative estimate of drug-likeness (QED) is 0.800. The van der Waals surface area contributed by atoms with E-state index in [9.17, 15) is 0 Å². The van der Waals surface area contributed by atoms with Gasteiger partial charge < -0.3 is 11.1 Å². The molecule has 2 atom stereocenters. The predicted octanol–water partition coefficient (Wildman–Crippen LogP) is 3.38. The van der Waals surface area contributed by atoms with Gasteiger partial charge in [-0.05, 0) is 42.9 Å². The van der Waals surface area contributed by atoms with Crippen molar-refractivity contribution in [2.45, 2.75) is 32.6 Å². The fourth-order valence-electron chi connectivity index (χ4n) is 2.78. The lowest BCUT2D eigenvalue weighted by Crippen LogP contribution is -2.21. The normalized spacial score (nSPS) is 23.3. The number of nitrogen functional groups attached to an aromatic ring is 1. The summed E-state index contributed by atoms with van der Waals surface area (Å²) in [6.45, 7) is 3.35. The highest BCUT2D eigenvalue weighted by molar-refractivity contribution is 5.62. The highest BCUT2D eigenvalue weighted by atomic mass is 14.9. The number of nitrogens with two attached hydrogens (primary N) is 1. The molecule has 1 fully saturated rings. The summed E-state index contributed by atoms with van der Waals surface area (Å²) in [6.07, 6.45) is 5.37. The summed E-state index contributed by atoms with van der Waals surface area (Å²) in [7, 11) is 0. The molecule has 2 unspecified atom stereocenters. The molecule has 1 aromatic carbocycles. The molecule has 1 aromatic rings. The van der Waals surface area contributed by atoms with Crippen LogP contribution in [0.25, 0.3) is 0 Å². The van der Waals surface area contributed by atoms with Crippen LogP contribution >= 0.6 is 0 Å². The summed E-state index contributed by atoms with van der Waals surface area (Å²) in [4.78, 5) is 0. The van der Waals surface area contributed by atoms with Crippen molar-refractivity contribution in [3.8, 4) is 6.07 Å². The zero-order chi connectivity index (χ0) is 13.0. The molecule has 2 rings (SSSR count). The van der Waals surface area contributed by atoms with E-state index in [-0.39, 0.29) is 0 Å². The van der Waals surface area contributed by atoms with E-state index in [1.807, 2.05) is 12.1 Å². The van der Waals surface area contributed by atoms with E-state index >= 15 is 0 Å². The highest BCUT2D eigenvalue weighted by Gasteiger charge is 2.18. The van der Waals surface area contributed by atoms with Crippen molar-refractivity contribution >= 4 is 11.4 Å². The summed E-state index contributed by atoms with van der Waals surface area (Å²) in [5.74, 6) is 1.63. The lowest BCUT2D eigenvalue weighted by atomic mass is 9.82. The van der Waals surface area contributed by atoms with Crippen LogP contribution < -0.4 is 11.1 Å². The Kier molecular flexibility index (Phi) is 4.09. The Morgan fingerprint density at radius 2 is 2.28 bits per heavy atom. The van der Waals surface area contributed by atoms with Gasteiger partial charge in [-0.25, -0.2) is 0 Å². The Hall–Kier alpha value is -1.69. The lowest BCUT2D eigenvalue weighted by molar-refractivity contribution is 0.293. The molecule has 0 spiro atoms. The van der Waals surface area contributed by atoms with Gasteiger partial charge in [0.05, 0.1) is 11.3 Å².